The van der Waals surface area contributed by atoms with Crippen LogP contribution in [0.4, 0.5) is 0 Å². The van der Waals surface area contributed by atoms with Crippen molar-refractivity contribution in [1.82, 2.24) is 19.6 Å². The van der Waals surface area contributed by atoms with Crippen LogP contribution in [0.25, 0.3) is 27.8 Å². The van der Waals surface area contributed by atoms with Crippen molar-refractivity contribution in [2.75, 3.05) is 6.61 Å². The molecule has 1 unspecified atom stereocenters. The number of fused-ring (bicyclic) bond motifs is 1. The number of aliphatic hydroxyl groups is 1. The van der Waals surface area contributed by atoms with Gasteiger partial charge in [-0.25, -0.2) is 4.68 Å². The van der Waals surface area contributed by atoms with Gasteiger partial charge in [0.05, 0.1) is 23.9 Å². The maximum Gasteiger partial charge on any atom is 0.255 e. The van der Waals surface area contributed by atoms with Crippen molar-refractivity contribution in [3.63, 3.8) is 0 Å². The van der Waals surface area contributed by atoms with E-state index in [0.717, 1.165) is 39.0 Å². The number of nitrogens with zero attached hydrogens (tertiary/aromatic N) is 4. The van der Waals surface area contributed by atoms with Crippen molar-refractivity contribution in [2.45, 2.75) is 39.3 Å². The Labute approximate surface area is 237 Å². The van der Waals surface area contributed by atoms with Crippen LogP contribution in [0.15, 0.2) is 72.9 Å². The largest absolute Gasteiger partial charge is 0.481 e. The lowest BCUT2D eigenvalue weighted by molar-refractivity contribution is -0.119. The Hall–Kier alpha value is -4.96. The quantitative estimate of drug-likeness (QED) is 0.238. The van der Waals surface area contributed by atoms with Crippen LogP contribution in [0, 0.1) is 6.92 Å². The van der Waals surface area contributed by atoms with Crippen molar-refractivity contribution >= 4 is 22.7 Å². The van der Waals surface area contributed by atoms with Crippen LogP contribution < -0.4 is 16.2 Å². The fraction of sp³-hybridized carbons (Fsp3) is 0.226. The summed E-state index contributed by atoms with van der Waals surface area (Å²) in [5.41, 5.74) is 16.7. The van der Waals surface area contributed by atoms with Crippen LogP contribution in [0.3, 0.4) is 0 Å². The minimum atomic E-state index is -0.705. The smallest absolute Gasteiger partial charge is 0.255 e. The molecule has 0 aliphatic heterocycles. The molecule has 41 heavy (non-hydrogen) atoms. The van der Waals surface area contributed by atoms with E-state index in [1.165, 1.54) is 6.07 Å². The van der Waals surface area contributed by atoms with Gasteiger partial charge < -0.3 is 21.3 Å². The third-order valence-corrected chi connectivity index (χ3v) is 6.98. The first kappa shape index (κ1) is 27.6. The van der Waals surface area contributed by atoms with Gasteiger partial charge in [0.15, 0.2) is 6.61 Å². The summed E-state index contributed by atoms with van der Waals surface area (Å²) < 4.78 is 9.18. The first-order valence-corrected chi connectivity index (χ1v) is 13.3. The second-order valence-electron chi connectivity index (χ2n) is 10.2. The molecule has 0 spiro atoms. The summed E-state index contributed by atoms with van der Waals surface area (Å²) in [6, 6.07) is 20.1. The molecule has 2 heterocycles. The van der Waals surface area contributed by atoms with Gasteiger partial charge in [0.1, 0.15) is 11.4 Å². The van der Waals surface area contributed by atoms with Gasteiger partial charge in [-0.2, -0.15) is 10.2 Å². The van der Waals surface area contributed by atoms with Crippen LogP contribution >= 0.6 is 0 Å². The number of carbonyl (C=O) groups is 2. The minimum Gasteiger partial charge on any atom is -0.481 e. The standard InChI is InChI=1S/C31H32N6O4/c1-18(2)29-19(3)37(25-13-12-21(31(33)40)14-27(25)41-17-28(32)39)35-30(29)22-10-7-11-24-23(22)15-36(34-24)16-26(38)20-8-5-4-6-9-20/h4-15,18,26,38H,16-17H2,1-3H3,(H2,32,39)(H2,33,40). The van der Waals surface area contributed by atoms with E-state index in [-0.39, 0.29) is 23.8 Å². The predicted molar refractivity (Wildman–Crippen MR) is 156 cm³/mol. The molecule has 2 amide bonds. The van der Waals surface area contributed by atoms with Crippen molar-refractivity contribution in [3.05, 3.63) is 95.3 Å². The number of aliphatic hydroxyl groups excluding tert-OH is 1. The number of carbonyl (C=O) groups excluding carboxylic acids is 2. The van der Waals surface area contributed by atoms with Gasteiger partial charge in [0.25, 0.3) is 5.91 Å². The SMILES string of the molecule is Cc1c(C(C)C)c(-c2cccc3nn(CC(O)c4ccccc4)cc23)nn1-c1ccc(C(N)=O)cc1OCC(N)=O. The number of rotatable bonds is 10. The zero-order valence-corrected chi connectivity index (χ0v) is 23.1. The molecule has 0 radical (unpaired) electrons. The van der Waals surface area contributed by atoms with Gasteiger partial charge in [-0.15, -0.1) is 0 Å². The number of hydrogen-bond acceptors (Lipinski definition) is 6. The minimum absolute atomic E-state index is 0.115. The monoisotopic (exact) mass is 552 g/mol. The summed E-state index contributed by atoms with van der Waals surface area (Å²) in [6.45, 7) is 6.09. The zero-order chi connectivity index (χ0) is 29.3. The van der Waals surface area contributed by atoms with Gasteiger partial charge >= 0.3 is 0 Å². The van der Waals surface area contributed by atoms with E-state index >= 15 is 0 Å². The summed E-state index contributed by atoms with van der Waals surface area (Å²) in [5, 5.41) is 21.4. The molecule has 3 aromatic carbocycles. The maximum absolute atomic E-state index is 11.8. The summed E-state index contributed by atoms with van der Waals surface area (Å²) >= 11 is 0. The third-order valence-electron chi connectivity index (χ3n) is 6.98. The van der Waals surface area contributed by atoms with E-state index in [0.29, 0.717) is 12.2 Å². The topological polar surface area (TPSA) is 151 Å². The highest BCUT2D eigenvalue weighted by atomic mass is 16.5. The zero-order valence-electron chi connectivity index (χ0n) is 23.1. The molecule has 0 saturated carbocycles. The second kappa shape index (κ2) is 11.3. The highest BCUT2D eigenvalue weighted by Gasteiger charge is 2.24. The lowest BCUT2D eigenvalue weighted by atomic mass is 9.95. The van der Waals surface area contributed by atoms with Crippen LogP contribution in [-0.4, -0.2) is 43.1 Å². The highest BCUT2D eigenvalue weighted by Crippen LogP contribution is 2.37. The van der Waals surface area contributed by atoms with E-state index in [9.17, 15) is 14.7 Å². The first-order chi connectivity index (χ1) is 19.6. The van der Waals surface area contributed by atoms with Gasteiger partial charge in [0.2, 0.25) is 5.91 Å². The normalized spacial score (nSPS) is 12.1. The Kier molecular flexibility index (Phi) is 7.58. The van der Waals surface area contributed by atoms with Gasteiger partial charge in [-0.3, -0.25) is 14.3 Å². The van der Waals surface area contributed by atoms with Gasteiger partial charge in [-0.05, 0) is 42.7 Å². The van der Waals surface area contributed by atoms with Crippen LogP contribution in [0.1, 0.15) is 53.0 Å². The van der Waals surface area contributed by atoms with Crippen LogP contribution in [-0.2, 0) is 11.3 Å². The van der Waals surface area contributed by atoms with Gasteiger partial charge in [-0.1, -0.05) is 56.3 Å². The lowest BCUT2D eigenvalue weighted by Gasteiger charge is -2.13. The number of aromatic nitrogens is 4. The van der Waals surface area contributed by atoms with E-state index < -0.39 is 17.9 Å². The Morgan fingerprint density at radius 1 is 1.00 bits per heavy atom. The van der Waals surface area contributed by atoms with E-state index in [2.05, 4.69) is 13.8 Å². The Balaban J connectivity index is 1.61. The van der Waals surface area contributed by atoms with Crippen molar-refractivity contribution in [1.29, 1.82) is 0 Å². The molecule has 0 aliphatic rings. The summed E-state index contributed by atoms with van der Waals surface area (Å²) in [7, 11) is 0. The maximum atomic E-state index is 11.8. The Morgan fingerprint density at radius 3 is 2.44 bits per heavy atom. The molecule has 5 rings (SSSR count). The summed E-state index contributed by atoms with van der Waals surface area (Å²) in [5.74, 6) is -0.901. The third kappa shape index (κ3) is 5.55. The van der Waals surface area contributed by atoms with E-state index in [1.54, 1.807) is 21.5 Å². The summed E-state index contributed by atoms with van der Waals surface area (Å²) in [6.07, 6.45) is 1.22. The number of primary amides is 2. The number of amides is 2. The van der Waals surface area contributed by atoms with E-state index in [4.69, 9.17) is 26.4 Å². The highest BCUT2D eigenvalue weighted by molar-refractivity contribution is 5.95. The predicted octanol–water partition coefficient (Wildman–Crippen LogP) is 4.02. The average Bonchev–Trinajstić information content (AvgIpc) is 3.52. The molecule has 210 valence electrons. The summed E-state index contributed by atoms with van der Waals surface area (Å²) in [4.78, 5) is 23.3. The number of ether oxygens (including phenoxy) is 1. The van der Waals surface area contributed by atoms with Gasteiger partial charge in [0, 0.05) is 34.0 Å². The lowest BCUT2D eigenvalue weighted by Crippen LogP contribution is -2.21. The molecule has 0 saturated heterocycles. The van der Waals surface area contributed by atoms with Crippen molar-refractivity contribution in [3.8, 4) is 22.7 Å². The molecule has 10 nitrogen and oxygen atoms in total. The van der Waals surface area contributed by atoms with Crippen LogP contribution in [0.2, 0.25) is 0 Å². The fourth-order valence-electron chi connectivity index (χ4n) is 5.10. The number of benzene rings is 3. The first-order valence-electron chi connectivity index (χ1n) is 13.3. The Bertz CT molecular complexity index is 1740. The molecule has 5 N–H and O–H groups in total. The molecule has 1 atom stereocenters. The fourth-order valence-corrected chi connectivity index (χ4v) is 5.10. The molecule has 2 aromatic heterocycles. The molecular formula is C31H32N6O4. The van der Waals surface area contributed by atoms with Crippen molar-refractivity contribution < 1.29 is 19.4 Å². The van der Waals surface area contributed by atoms with E-state index in [1.807, 2.05) is 61.7 Å². The molecule has 0 bridgehead atoms. The molecule has 5 aromatic rings. The average molecular weight is 553 g/mol. The second-order valence-corrected chi connectivity index (χ2v) is 10.2. The van der Waals surface area contributed by atoms with Crippen molar-refractivity contribution in [2.24, 2.45) is 11.5 Å². The number of hydrogen-bond donors (Lipinski definition) is 3. The Morgan fingerprint density at radius 2 is 1.76 bits per heavy atom. The molecular weight excluding hydrogens is 520 g/mol. The molecule has 10 heteroatoms. The molecule has 0 aliphatic carbocycles. The van der Waals surface area contributed by atoms with Crippen LogP contribution in [0.5, 0.6) is 5.75 Å². The molecule has 0 fully saturated rings. The number of nitrogens with two attached hydrogens (primary N) is 2.